The highest BCUT2D eigenvalue weighted by Crippen LogP contribution is 2.61. The van der Waals surface area contributed by atoms with Crippen LogP contribution in [0.25, 0.3) is 0 Å². The molecule has 2 aliphatic rings. The summed E-state index contributed by atoms with van der Waals surface area (Å²) in [5.41, 5.74) is -2.15. The summed E-state index contributed by atoms with van der Waals surface area (Å²) < 4.78 is 17.9. The van der Waals surface area contributed by atoms with Crippen molar-refractivity contribution in [1.29, 1.82) is 0 Å². The fourth-order valence-corrected chi connectivity index (χ4v) is 2.14. The Morgan fingerprint density at radius 3 is 2.77 bits per heavy atom. The van der Waals surface area contributed by atoms with Crippen LogP contribution in [0.3, 0.4) is 0 Å². The van der Waals surface area contributed by atoms with E-state index < -0.39 is 35.4 Å². The fraction of sp³-hybridized carbons (Fsp3) is 0.750. The monoisotopic (exact) mass is 188 g/mol. The smallest absolute Gasteiger partial charge is 0.344 e. The summed E-state index contributed by atoms with van der Waals surface area (Å²) in [7, 11) is 1.08. The van der Waals surface area contributed by atoms with E-state index in [0.29, 0.717) is 0 Å². The highest BCUT2D eigenvalue weighted by atomic mass is 19.1. The second kappa shape index (κ2) is 2.29. The molecule has 5 heteroatoms. The third-order valence-electron chi connectivity index (χ3n) is 2.90. The van der Waals surface area contributed by atoms with Gasteiger partial charge in [-0.2, -0.15) is 0 Å². The lowest BCUT2D eigenvalue weighted by Gasteiger charge is -2.10. The van der Waals surface area contributed by atoms with E-state index in [9.17, 15) is 14.0 Å². The minimum Gasteiger partial charge on any atom is -0.467 e. The molecule has 0 aromatic heterocycles. The maximum atomic E-state index is 13.6. The number of aliphatic hydroxyl groups excluding tert-OH is 1. The molecule has 0 aliphatic heterocycles. The number of esters is 1. The van der Waals surface area contributed by atoms with Gasteiger partial charge in [-0.25, -0.2) is 9.18 Å². The summed E-state index contributed by atoms with van der Waals surface area (Å²) in [6, 6.07) is 0. The number of hydrogen-bond acceptors (Lipinski definition) is 4. The molecule has 0 amide bonds. The number of aliphatic hydroxyl groups is 1. The molecule has 0 spiro atoms. The molecule has 0 aromatic carbocycles. The van der Waals surface area contributed by atoms with Gasteiger partial charge in [0.15, 0.2) is 5.78 Å². The average molecular weight is 188 g/mol. The second-order valence-corrected chi connectivity index (χ2v) is 3.50. The fourth-order valence-electron chi connectivity index (χ4n) is 2.14. The second-order valence-electron chi connectivity index (χ2n) is 3.50. The van der Waals surface area contributed by atoms with Gasteiger partial charge in [0.05, 0.1) is 13.0 Å². The van der Waals surface area contributed by atoms with E-state index in [0.717, 1.165) is 7.11 Å². The number of ether oxygens (including phenoxy) is 1. The molecular formula is C8H9FO4. The molecule has 4 atom stereocenters. The first-order valence-corrected chi connectivity index (χ1v) is 4.02. The molecule has 2 rings (SSSR count). The number of carbonyl (C=O) groups excluding carboxylic acids is 2. The van der Waals surface area contributed by atoms with Gasteiger partial charge in [0.1, 0.15) is 6.10 Å². The van der Waals surface area contributed by atoms with Crippen molar-refractivity contribution in [2.75, 3.05) is 7.11 Å². The number of halogens is 1. The van der Waals surface area contributed by atoms with Crippen molar-refractivity contribution >= 4 is 11.8 Å². The molecule has 2 saturated carbocycles. The molecule has 72 valence electrons. The maximum Gasteiger partial charge on any atom is 0.344 e. The Labute approximate surface area is 73.7 Å². The van der Waals surface area contributed by atoms with Crippen molar-refractivity contribution in [1.82, 2.24) is 0 Å². The van der Waals surface area contributed by atoms with Gasteiger partial charge in [-0.3, -0.25) is 4.79 Å². The number of hydrogen-bond donors (Lipinski definition) is 1. The van der Waals surface area contributed by atoms with Crippen LogP contribution in [0.5, 0.6) is 0 Å². The van der Waals surface area contributed by atoms with E-state index in [1.165, 1.54) is 0 Å². The van der Waals surface area contributed by atoms with E-state index in [4.69, 9.17) is 5.11 Å². The minimum absolute atomic E-state index is 0.0368. The van der Waals surface area contributed by atoms with Crippen LogP contribution in [-0.2, 0) is 14.3 Å². The lowest BCUT2D eigenvalue weighted by molar-refractivity contribution is -0.152. The molecule has 0 aromatic rings. The van der Waals surface area contributed by atoms with Gasteiger partial charge in [-0.05, 0) is 6.42 Å². The number of methoxy groups -OCH3 is 1. The summed E-state index contributed by atoms with van der Waals surface area (Å²) in [5.74, 6) is -3.20. The highest BCUT2D eigenvalue weighted by molar-refractivity contribution is 6.02. The molecule has 0 saturated heterocycles. The standard InChI is InChI=1S/C8H9FO4/c1-13-7(12)8(9)3-2-4(10)6(11)5(3)8/h3-5,10H,2H2,1H3/t3-,4-,5-,8-/m0/s1. The Balaban J connectivity index is 2.18. The molecule has 2 fully saturated rings. The van der Waals surface area contributed by atoms with Gasteiger partial charge < -0.3 is 9.84 Å². The van der Waals surface area contributed by atoms with Crippen LogP contribution in [0.4, 0.5) is 4.39 Å². The quantitative estimate of drug-likeness (QED) is 0.560. The Hall–Kier alpha value is -0.970. The van der Waals surface area contributed by atoms with Gasteiger partial charge in [0.25, 0.3) is 0 Å². The summed E-state index contributed by atoms with van der Waals surface area (Å²) in [4.78, 5) is 22.0. The van der Waals surface area contributed by atoms with Crippen molar-refractivity contribution in [3.63, 3.8) is 0 Å². The van der Waals surface area contributed by atoms with Crippen LogP contribution in [0.15, 0.2) is 0 Å². The zero-order valence-electron chi connectivity index (χ0n) is 6.99. The number of fused-ring (bicyclic) bond motifs is 1. The summed E-state index contributed by atoms with van der Waals surface area (Å²) in [6.45, 7) is 0. The van der Waals surface area contributed by atoms with Crippen LogP contribution in [0, 0.1) is 11.8 Å². The third-order valence-corrected chi connectivity index (χ3v) is 2.90. The average Bonchev–Trinajstić information content (AvgIpc) is 2.56. The van der Waals surface area contributed by atoms with Gasteiger partial charge in [-0.15, -0.1) is 0 Å². The first-order valence-electron chi connectivity index (χ1n) is 4.02. The third kappa shape index (κ3) is 0.824. The maximum absolute atomic E-state index is 13.6. The molecule has 13 heavy (non-hydrogen) atoms. The van der Waals surface area contributed by atoms with E-state index in [1.807, 2.05) is 0 Å². The van der Waals surface area contributed by atoms with Crippen LogP contribution in [-0.4, -0.2) is 35.7 Å². The van der Waals surface area contributed by atoms with E-state index >= 15 is 0 Å². The first kappa shape index (κ1) is 8.62. The molecule has 0 heterocycles. The predicted octanol–water partition coefficient (Wildman–Crippen LogP) is -0.553. The minimum atomic E-state index is -2.15. The molecule has 2 aliphatic carbocycles. The number of rotatable bonds is 1. The molecule has 4 nitrogen and oxygen atoms in total. The van der Waals surface area contributed by atoms with Crippen molar-refractivity contribution in [3.05, 3.63) is 0 Å². The zero-order chi connectivity index (χ0) is 9.80. The lowest BCUT2D eigenvalue weighted by atomic mass is 10.1. The van der Waals surface area contributed by atoms with Crippen molar-refractivity contribution in [2.45, 2.75) is 18.2 Å². The molecule has 0 unspecified atom stereocenters. The highest BCUT2D eigenvalue weighted by Gasteiger charge is 2.79. The van der Waals surface area contributed by atoms with Gasteiger partial charge in [0, 0.05) is 5.92 Å². The van der Waals surface area contributed by atoms with Crippen LogP contribution >= 0.6 is 0 Å². The molecule has 0 bridgehead atoms. The first-order chi connectivity index (χ1) is 6.03. The van der Waals surface area contributed by atoms with E-state index in [-0.39, 0.29) is 6.42 Å². The van der Waals surface area contributed by atoms with Crippen LogP contribution < -0.4 is 0 Å². The normalized spacial score (nSPS) is 47.3. The topological polar surface area (TPSA) is 63.6 Å². The Kier molecular flexibility index (Phi) is 1.52. The molecular weight excluding hydrogens is 179 g/mol. The van der Waals surface area contributed by atoms with Crippen LogP contribution in [0.2, 0.25) is 0 Å². The summed E-state index contributed by atoms with van der Waals surface area (Å²) >= 11 is 0. The summed E-state index contributed by atoms with van der Waals surface area (Å²) in [5, 5.41) is 9.02. The van der Waals surface area contributed by atoms with Crippen molar-refractivity contribution < 1.29 is 23.8 Å². The number of carbonyl (C=O) groups is 2. The number of alkyl halides is 1. The molecule has 0 radical (unpaired) electrons. The lowest BCUT2D eigenvalue weighted by Crippen LogP contribution is -2.32. The molecule has 1 N–H and O–H groups in total. The Bertz CT molecular complexity index is 288. The Morgan fingerprint density at radius 2 is 2.38 bits per heavy atom. The van der Waals surface area contributed by atoms with E-state index in [2.05, 4.69) is 4.74 Å². The number of ketones is 1. The van der Waals surface area contributed by atoms with Gasteiger partial charge >= 0.3 is 5.97 Å². The SMILES string of the molecule is COC(=O)[C@@]1(F)[C@@H]2C(=O)[C@@H](O)C[C@@H]21. The Morgan fingerprint density at radius 1 is 1.77 bits per heavy atom. The van der Waals surface area contributed by atoms with Gasteiger partial charge in [0.2, 0.25) is 5.67 Å². The predicted molar refractivity (Wildman–Crippen MR) is 38.5 cm³/mol. The van der Waals surface area contributed by atoms with Crippen LogP contribution in [0.1, 0.15) is 6.42 Å². The summed E-state index contributed by atoms with van der Waals surface area (Å²) in [6.07, 6.45) is -1.06. The van der Waals surface area contributed by atoms with E-state index in [1.54, 1.807) is 0 Å². The zero-order valence-corrected chi connectivity index (χ0v) is 6.99. The van der Waals surface area contributed by atoms with Gasteiger partial charge in [-0.1, -0.05) is 0 Å². The largest absolute Gasteiger partial charge is 0.467 e. The number of Topliss-reactive ketones (excluding diaryl/α,β-unsaturated/α-hetero) is 1. The van der Waals surface area contributed by atoms with Crippen molar-refractivity contribution in [2.24, 2.45) is 11.8 Å². The van der Waals surface area contributed by atoms with Crippen molar-refractivity contribution in [3.8, 4) is 0 Å².